The molecule has 0 saturated heterocycles. The number of nitrogens with one attached hydrogen (secondary N) is 3. The van der Waals surface area contributed by atoms with E-state index in [1.807, 2.05) is 26.0 Å². The second-order valence-corrected chi connectivity index (χ2v) is 7.97. The van der Waals surface area contributed by atoms with E-state index < -0.39 is 11.8 Å². The summed E-state index contributed by atoms with van der Waals surface area (Å²) in [6.45, 7) is 3.52. The molecule has 0 aliphatic heterocycles. The summed E-state index contributed by atoms with van der Waals surface area (Å²) in [5.74, 6) is -0.512. The summed E-state index contributed by atoms with van der Waals surface area (Å²) < 4.78 is 7.13. The molecule has 0 unspecified atom stereocenters. The van der Waals surface area contributed by atoms with Crippen molar-refractivity contribution in [2.24, 2.45) is 0 Å². The minimum atomic E-state index is -0.504. The van der Waals surface area contributed by atoms with Crippen molar-refractivity contribution < 1.29 is 19.1 Å². The zero-order valence-corrected chi connectivity index (χ0v) is 19.1. The lowest BCUT2D eigenvalue weighted by molar-refractivity contribution is -0.123. The van der Waals surface area contributed by atoms with E-state index in [1.54, 1.807) is 24.3 Å². The number of amides is 3. The molecule has 3 N–H and O–H groups in total. The first-order valence-electron chi connectivity index (χ1n) is 8.87. The number of hydrazine groups is 1. The first-order chi connectivity index (χ1) is 13.8. The Kier molecular flexibility index (Phi) is 8.66. The van der Waals surface area contributed by atoms with Gasteiger partial charge in [-0.05, 0) is 71.2 Å². The summed E-state index contributed by atoms with van der Waals surface area (Å²) in [5, 5.41) is 2.74. The van der Waals surface area contributed by atoms with Gasteiger partial charge in [0.25, 0.3) is 11.8 Å². The maximum Gasteiger partial charge on any atom is 0.276 e. The maximum absolute atomic E-state index is 12.1. The molecule has 0 bridgehead atoms. The van der Waals surface area contributed by atoms with Crippen LogP contribution >= 0.6 is 31.9 Å². The number of aryl methyl sites for hydroxylation is 1. The molecular weight excluding hydrogens is 506 g/mol. The fraction of sp³-hybridized carbons (Fsp3) is 0.250. The minimum absolute atomic E-state index is 0.0791. The van der Waals surface area contributed by atoms with Crippen LogP contribution in [0.15, 0.2) is 45.3 Å². The van der Waals surface area contributed by atoms with Crippen LogP contribution in [0.5, 0.6) is 5.75 Å². The van der Waals surface area contributed by atoms with Gasteiger partial charge < -0.3 is 10.1 Å². The van der Waals surface area contributed by atoms with Crippen molar-refractivity contribution in [3.63, 3.8) is 0 Å². The van der Waals surface area contributed by atoms with E-state index in [2.05, 4.69) is 48.0 Å². The molecule has 0 aliphatic rings. The Morgan fingerprint density at radius 2 is 1.69 bits per heavy atom. The monoisotopic (exact) mass is 525 g/mol. The third-order valence-corrected chi connectivity index (χ3v) is 4.81. The molecule has 0 fully saturated rings. The highest BCUT2D eigenvalue weighted by molar-refractivity contribution is 9.11. The summed E-state index contributed by atoms with van der Waals surface area (Å²) in [7, 11) is 0. The lowest BCUT2D eigenvalue weighted by atomic mass is 10.2. The van der Waals surface area contributed by atoms with Gasteiger partial charge in [-0.25, -0.2) is 0 Å². The van der Waals surface area contributed by atoms with Crippen LogP contribution in [0.4, 0.5) is 5.69 Å². The Labute approximate surface area is 185 Å². The van der Waals surface area contributed by atoms with E-state index in [1.165, 1.54) is 0 Å². The Morgan fingerprint density at radius 3 is 2.31 bits per heavy atom. The largest absolute Gasteiger partial charge is 0.482 e. The predicted octanol–water partition coefficient (Wildman–Crippen LogP) is 4.10. The Balaban J connectivity index is 1.82. The van der Waals surface area contributed by atoms with Gasteiger partial charge in [-0.15, -0.1) is 0 Å². The fourth-order valence-electron chi connectivity index (χ4n) is 2.40. The van der Waals surface area contributed by atoms with E-state index in [0.29, 0.717) is 27.9 Å². The van der Waals surface area contributed by atoms with Crippen LogP contribution in [0.3, 0.4) is 0 Å². The average Bonchev–Trinajstić information content (AvgIpc) is 2.66. The van der Waals surface area contributed by atoms with Gasteiger partial charge in [0.05, 0.1) is 4.47 Å². The first kappa shape index (κ1) is 22.9. The van der Waals surface area contributed by atoms with Gasteiger partial charge in [-0.1, -0.05) is 22.9 Å². The molecule has 0 spiro atoms. The van der Waals surface area contributed by atoms with Crippen molar-refractivity contribution in [3.8, 4) is 5.75 Å². The van der Waals surface area contributed by atoms with Crippen molar-refractivity contribution >= 4 is 55.3 Å². The summed E-state index contributed by atoms with van der Waals surface area (Å²) in [6, 6.07) is 10.1. The van der Waals surface area contributed by atoms with Gasteiger partial charge in [0.1, 0.15) is 5.75 Å². The van der Waals surface area contributed by atoms with E-state index in [0.717, 1.165) is 16.5 Å². The standard InChI is InChI=1S/C20H21Br2N3O4/c1-3-4-17(26)23-15-7-5-13(6-8-15)20(28)25-24-18(27)11-29-19-12(2)9-14(21)10-16(19)22/h5-10H,3-4,11H2,1-2H3,(H,23,26)(H,24,27)(H,25,28). The molecule has 2 rings (SSSR count). The zero-order valence-electron chi connectivity index (χ0n) is 16.0. The number of benzene rings is 2. The van der Waals surface area contributed by atoms with Crippen molar-refractivity contribution in [1.82, 2.24) is 10.9 Å². The average molecular weight is 527 g/mol. The molecule has 29 heavy (non-hydrogen) atoms. The van der Waals surface area contributed by atoms with Gasteiger partial charge in [-0.2, -0.15) is 0 Å². The molecular formula is C20H21Br2N3O4. The third-order valence-electron chi connectivity index (χ3n) is 3.77. The normalized spacial score (nSPS) is 10.2. The Morgan fingerprint density at radius 1 is 1.00 bits per heavy atom. The highest BCUT2D eigenvalue weighted by atomic mass is 79.9. The van der Waals surface area contributed by atoms with E-state index in [-0.39, 0.29) is 12.5 Å². The van der Waals surface area contributed by atoms with E-state index in [9.17, 15) is 14.4 Å². The lowest BCUT2D eigenvalue weighted by Gasteiger charge is -2.12. The van der Waals surface area contributed by atoms with Gasteiger partial charge in [0.2, 0.25) is 5.91 Å². The quantitative estimate of drug-likeness (QED) is 0.473. The number of anilines is 1. The first-order valence-corrected chi connectivity index (χ1v) is 10.5. The lowest BCUT2D eigenvalue weighted by Crippen LogP contribution is -2.43. The summed E-state index contributed by atoms with van der Waals surface area (Å²) in [4.78, 5) is 35.7. The van der Waals surface area contributed by atoms with E-state index in [4.69, 9.17) is 4.74 Å². The molecule has 154 valence electrons. The summed E-state index contributed by atoms with van der Waals surface area (Å²) in [5.41, 5.74) is 6.44. The van der Waals surface area contributed by atoms with Crippen LogP contribution in [0, 0.1) is 6.92 Å². The number of ether oxygens (including phenoxy) is 1. The fourth-order valence-corrected chi connectivity index (χ4v) is 3.95. The molecule has 0 saturated carbocycles. The van der Waals surface area contributed by atoms with Crippen LogP contribution in [-0.4, -0.2) is 24.3 Å². The number of carbonyl (C=O) groups is 3. The summed E-state index contributed by atoms with van der Waals surface area (Å²) >= 11 is 6.77. The van der Waals surface area contributed by atoms with Gasteiger partial charge in [0.15, 0.2) is 6.61 Å². The number of hydrogen-bond acceptors (Lipinski definition) is 4. The molecule has 0 heterocycles. The highest BCUT2D eigenvalue weighted by Gasteiger charge is 2.11. The van der Waals surface area contributed by atoms with Crippen molar-refractivity contribution in [2.45, 2.75) is 26.7 Å². The van der Waals surface area contributed by atoms with Crippen LogP contribution in [0.25, 0.3) is 0 Å². The van der Waals surface area contributed by atoms with E-state index >= 15 is 0 Å². The maximum atomic E-state index is 12.1. The molecule has 7 nitrogen and oxygen atoms in total. The molecule has 0 aromatic heterocycles. The third kappa shape index (κ3) is 7.17. The van der Waals surface area contributed by atoms with Crippen LogP contribution in [-0.2, 0) is 9.59 Å². The molecule has 0 aliphatic carbocycles. The minimum Gasteiger partial charge on any atom is -0.482 e. The topological polar surface area (TPSA) is 96.5 Å². The molecule has 9 heteroatoms. The Bertz CT molecular complexity index is 878. The van der Waals surface area contributed by atoms with Crippen molar-refractivity contribution in [1.29, 1.82) is 0 Å². The molecule has 0 atom stereocenters. The number of rotatable bonds is 7. The smallest absolute Gasteiger partial charge is 0.276 e. The second kappa shape index (κ2) is 11.0. The number of halogens is 2. The van der Waals surface area contributed by atoms with Gasteiger partial charge >= 0.3 is 0 Å². The molecule has 0 radical (unpaired) electrons. The van der Waals surface area contributed by atoms with Crippen LogP contribution in [0.2, 0.25) is 0 Å². The predicted molar refractivity (Wildman–Crippen MR) is 118 cm³/mol. The molecule has 3 amide bonds. The summed E-state index contributed by atoms with van der Waals surface area (Å²) in [6.07, 6.45) is 1.20. The van der Waals surface area contributed by atoms with Crippen LogP contribution in [0.1, 0.15) is 35.7 Å². The highest BCUT2D eigenvalue weighted by Crippen LogP contribution is 2.32. The second-order valence-electron chi connectivity index (χ2n) is 6.20. The number of hydrogen-bond donors (Lipinski definition) is 3. The zero-order chi connectivity index (χ0) is 21.4. The van der Waals surface area contributed by atoms with Gasteiger partial charge in [0, 0.05) is 22.1 Å². The van der Waals surface area contributed by atoms with Crippen LogP contribution < -0.4 is 20.9 Å². The van der Waals surface area contributed by atoms with Crippen molar-refractivity contribution in [2.75, 3.05) is 11.9 Å². The van der Waals surface area contributed by atoms with Crippen molar-refractivity contribution in [3.05, 3.63) is 56.5 Å². The van der Waals surface area contributed by atoms with Gasteiger partial charge in [-0.3, -0.25) is 25.2 Å². The SMILES string of the molecule is CCCC(=O)Nc1ccc(C(=O)NNC(=O)COc2c(C)cc(Br)cc2Br)cc1. The Hall–Kier alpha value is -2.39. The number of carbonyl (C=O) groups excluding carboxylic acids is 3. The molecule has 2 aromatic carbocycles. The molecule has 2 aromatic rings.